The molecule has 0 spiro atoms. The van der Waals surface area contributed by atoms with Gasteiger partial charge in [-0.15, -0.1) is 0 Å². The van der Waals surface area contributed by atoms with Crippen molar-refractivity contribution in [2.24, 2.45) is 11.7 Å². The van der Waals surface area contributed by atoms with Crippen LogP contribution in [0.2, 0.25) is 0 Å². The number of nitrogens with two attached hydrogens (primary N) is 1. The fourth-order valence-corrected chi connectivity index (χ4v) is 2.28. The number of Topliss-reactive ketones (excluding diaryl/α,β-unsaturated/α-hetero) is 1. The van der Waals surface area contributed by atoms with Gasteiger partial charge in [0.15, 0.2) is 5.78 Å². The first-order valence-corrected chi connectivity index (χ1v) is 22.1. The van der Waals surface area contributed by atoms with Crippen molar-refractivity contribution in [1.29, 1.82) is 0 Å². The normalized spacial score (nSPS) is 14.3. The summed E-state index contributed by atoms with van der Waals surface area (Å²) in [6, 6.07) is -0.0759. The average Bonchev–Trinajstić information content (AvgIpc) is 2.42. The quantitative estimate of drug-likeness (QED) is 0.246. The summed E-state index contributed by atoms with van der Waals surface area (Å²) in [6.07, 6.45) is 4.89. The third-order valence-corrected chi connectivity index (χ3v) is 4.66. The summed E-state index contributed by atoms with van der Waals surface area (Å²) in [5, 5.41) is 3.43. The SMILES string of the molecule is CCCCNC(C(=O)CC(C)CN)C(C)(C)SC.[I][V]([I])[I]. The van der Waals surface area contributed by atoms with Crippen LogP contribution in [-0.4, -0.2) is 35.9 Å². The van der Waals surface area contributed by atoms with Gasteiger partial charge in [-0.3, -0.25) is 4.79 Å². The topological polar surface area (TPSA) is 55.1 Å². The van der Waals surface area contributed by atoms with Crippen molar-refractivity contribution in [1.82, 2.24) is 5.32 Å². The molecule has 3 nitrogen and oxygen atoms in total. The molecule has 8 heteroatoms. The van der Waals surface area contributed by atoms with Crippen LogP contribution >= 0.6 is 71.7 Å². The first kappa shape index (κ1) is 26.9. The Morgan fingerprint density at radius 1 is 1.36 bits per heavy atom. The van der Waals surface area contributed by atoms with E-state index >= 15 is 0 Å². The fraction of sp³-hybridized carbons (Fsp3) is 0.929. The van der Waals surface area contributed by atoms with Gasteiger partial charge in [-0.2, -0.15) is 11.8 Å². The van der Waals surface area contributed by atoms with E-state index in [1.54, 1.807) is 11.8 Å². The molecular weight excluding hydrogens is 676 g/mol. The molecule has 0 fully saturated rings. The summed E-state index contributed by atoms with van der Waals surface area (Å²) in [5.41, 5.74) is 5.61. The summed E-state index contributed by atoms with van der Waals surface area (Å²) < 4.78 is -0.0703. The Morgan fingerprint density at radius 2 is 1.86 bits per heavy atom. The molecule has 0 aliphatic carbocycles. The molecule has 0 aromatic heterocycles. The van der Waals surface area contributed by atoms with Gasteiger partial charge in [0.1, 0.15) is 0 Å². The van der Waals surface area contributed by atoms with Crippen LogP contribution in [0, 0.1) is 5.92 Å². The molecular formula is C14H30I3N2OSV. The van der Waals surface area contributed by atoms with Crippen molar-refractivity contribution in [2.45, 2.75) is 57.7 Å². The number of unbranched alkanes of at least 4 members (excludes halogenated alkanes) is 1. The molecule has 0 aromatic carbocycles. The van der Waals surface area contributed by atoms with Gasteiger partial charge in [0.05, 0.1) is 6.04 Å². The molecule has 0 bridgehead atoms. The number of halogens is 3. The maximum absolute atomic E-state index is 12.4. The van der Waals surface area contributed by atoms with Crippen molar-refractivity contribution in [2.75, 3.05) is 19.3 Å². The number of nitrogens with one attached hydrogen (secondary N) is 1. The predicted octanol–water partition coefficient (Wildman–Crippen LogP) is 5.09. The van der Waals surface area contributed by atoms with Crippen molar-refractivity contribution in [3.8, 4) is 0 Å². The van der Waals surface area contributed by atoms with E-state index in [9.17, 15) is 4.79 Å². The van der Waals surface area contributed by atoms with Crippen LogP contribution in [0.5, 0.6) is 0 Å². The van der Waals surface area contributed by atoms with E-state index in [0.29, 0.717) is 18.7 Å². The number of rotatable bonds is 10. The maximum atomic E-state index is 12.4. The van der Waals surface area contributed by atoms with E-state index in [1.807, 2.05) is 6.92 Å². The van der Waals surface area contributed by atoms with Gasteiger partial charge in [0, 0.05) is 11.2 Å². The van der Waals surface area contributed by atoms with E-state index in [4.69, 9.17) is 5.73 Å². The molecule has 0 saturated carbocycles. The second-order valence-corrected chi connectivity index (χ2v) is 42.6. The zero-order chi connectivity index (χ0) is 17.8. The molecule has 2 atom stereocenters. The third-order valence-electron chi connectivity index (χ3n) is 3.37. The zero-order valence-electron chi connectivity index (χ0n) is 14.2. The predicted molar refractivity (Wildman–Crippen MR) is 124 cm³/mol. The Kier molecular flexibility index (Phi) is 19.5. The second-order valence-electron chi connectivity index (χ2n) is 5.75. The summed E-state index contributed by atoms with van der Waals surface area (Å²) >= 11 is 9.13. The van der Waals surface area contributed by atoms with Crippen molar-refractivity contribution >= 4 is 77.5 Å². The molecule has 134 valence electrons. The van der Waals surface area contributed by atoms with Gasteiger partial charge in [-0.1, -0.05) is 20.3 Å². The summed E-state index contributed by atoms with van der Waals surface area (Å²) in [7, 11) is 0. The van der Waals surface area contributed by atoms with Crippen LogP contribution in [0.3, 0.4) is 0 Å². The molecule has 2 unspecified atom stereocenters. The van der Waals surface area contributed by atoms with Crippen LogP contribution in [-0.2, 0) is 9.72 Å². The molecule has 0 radical (unpaired) electrons. The summed E-state index contributed by atoms with van der Waals surface area (Å²) in [5.74, 6) is 0.564. The molecule has 0 amide bonds. The molecule has 0 aromatic rings. The first-order chi connectivity index (χ1) is 10.1. The Morgan fingerprint density at radius 3 is 2.23 bits per heavy atom. The molecule has 0 rings (SSSR count). The Bertz CT molecular complexity index is 295. The standard InChI is InChI=1S/C14H30N2OS.3HI.V/c1-6-7-8-16-13(14(3,4)18-5)12(17)9-11(2)10-15;;;;/h11,13,16H,6-10,15H2,1-5H3;3*1H;/q;;;;+3/p-3. The Balaban J connectivity index is 0. The molecule has 0 aliphatic heterocycles. The molecule has 22 heavy (non-hydrogen) atoms. The minimum absolute atomic E-state index is 0.0703. The number of carbonyl (C=O) groups excluding carboxylic acids is 1. The molecule has 0 saturated heterocycles. The summed E-state index contributed by atoms with van der Waals surface area (Å²) in [6.45, 7) is 9.95. The van der Waals surface area contributed by atoms with Crippen LogP contribution in [0.1, 0.15) is 47.0 Å². The van der Waals surface area contributed by atoms with Gasteiger partial charge in [0.2, 0.25) is 0 Å². The fourth-order valence-electron chi connectivity index (χ4n) is 1.83. The van der Waals surface area contributed by atoms with Gasteiger partial charge in [-0.05, 0) is 45.5 Å². The third kappa shape index (κ3) is 15.0. The van der Waals surface area contributed by atoms with Crippen molar-refractivity contribution < 1.29 is 9.72 Å². The van der Waals surface area contributed by atoms with Gasteiger partial charge in [-0.25, -0.2) is 0 Å². The van der Waals surface area contributed by atoms with Crippen LogP contribution in [0.4, 0.5) is 0 Å². The van der Waals surface area contributed by atoms with Crippen molar-refractivity contribution in [3.63, 3.8) is 0 Å². The number of ketones is 1. The minimum atomic E-state index is -0.278. The van der Waals surface area contributed by atoms with Gasteiger partial charge in [0.25, 0.3) is 0 Å². The number of carbonyl (C=O) groups is 1. The van der Waals surface area contributed by atoms with E-state index in [0.717, 1.165) is 19.4 Å². The van der Waals surface area contributed by atoms with Crippen LogP contribution < -0.4 is 11.1 Å². The first-order valence-electron chi connectivity index (χ1n) is 7.41. The number of hydrogen-bond donors (Lipinski definition) is 2. The van der Waals surface area contributed by atoms with Crippen LogP contribution in [0.15, 0.2) is 0 Å². The molecule has 0 aliphatic rings. The summed E-state index contributed by atoms with van der Waals surface area (Å²) in [4.78, 5) is 12.1. The molecule has 0 heterocycles. The van der Waals surface area contributed by atoms with Gasteiger partial charge < -0.3 is 11.1 Å². The zero-order valence-corrected chi connectivity index (χ0v) is 22.9. The number of hydrogen-bond acceptors (Lipinski definition) is 4. The second kappa shape index (κ2) is 15.9. The van der Waals surface area contributed by atoms with Crippen LogP contribution in [0.25, 0.3) is 0 Å². The van der Waals surface area contributed by atoms with Crippen molar-refractivity contribution in [3.05, 3.63) is 0 Å². The average molecular weight is 706 g/mol. The van der Waals surface area contributed by atoms with E-state index in [1.165, 1.54) is 0 Å². The Hall–Kier alpha value is 2.71. The van der Waals surface area contributed by atoms with E-state index < -0.39 is 0 Å². The Labute approximate surface area is 178 Å². The molecule has 3 N–H and O–H groups in total. The number of thioether (sulfide) groups is 1. The van der Waals surface area contributed by atoms with Gasteiger partial charge >= 0.3 is 64.9 Å². The van der Waals surface area contributed by atoms with E-state index in [-0.39, 0.29) is 21.6 Å². The van der Waals surface area contributed by atoms with E-state index in [2.05, 4.69) is 92.3 Å². The monoisotopic (exact) mass is 706 g/mol.